The first-order valence-corrected chi connectivity index (χ1v) is 9.87. The largest absolute Gasteiger partial charge is 0.340 e. The van der Waals surface area contributed by atoms with Crippen molar-refractivity contribution in [1.29, 1.82) is 0 Å². The minimum atomic E-state index is -0.00545. The van der Waals surface area contributed by atoms with Crippen LogP contribution in [0.2, 0.25) is 0 Å². The molecular formula is C19H21BrN3OS+. The van der Waals surface area contributed by atoms with Crippen LogP contribution in [0.15, 0.2) is 53.0 Å². The first-order chi connectivity index (χ1) is 12.0. The number of quaternary nitrogens is 1. The maximum absolute atomic E-state index is 13.1. The molecule has 3 rings (SSSR count). The van der Waals surface area contributed by atoms with Crippen LogP contribution in [0.25, 0.3) is 10.2 Å². The molecule has 1 N–H and O–H groups in total. The molecule has 0 aliphatic rings. The monoisotopic (exact) mass is 418 g/mol. The van der Waals surface area contributed by atoms with Crippen molar-refractivity contribution in [2.24, 2.45) is 0 Å². The zero-order valence-electron chi connectivity index (χ0n) is 14.3. The van der Waals surface area contributed by atoms with Gasteiger partial charge in [-0.05, 0) is 30.3 Å². The van der Waals surface area contributed by atoms with Crippen molar-refractivity contribution >= 4 is 48.5 Å². The van der Waals surface area contributed by atoms with Gasteiger partial charge in [0, 0.05) is 23.0 Å². The Kier molecular flexibility index (Phi) is 5.83. The van der Waals surface area contributed by atoms with Crippen molar-refractivity contribution in [1.82, 2.24) is 4.98 Å². The van der Waals surface area contributed by atoms with Crippen molar-refractivity contribution in [3.8, 4) is 0 Å². The second-order valence-corrected chi connectivity index (χ2v) is 8.17. The van der Waals surface area contributed by atoms with E-state index in [9.17, 15) is 4.79 Å². The van der Waals surface area contributed by atoms with Crippen LogP contribution < -0.4 is 9.80 Å². The summed E-state index contributed by atoms with van der Waals surface area (Å²) in [5, 5.41) is 0.764. The topological polar surface area (TPSA) is 37.6 Å². The van der Waals surface area contributed by atoms with Gasteiger partial charge >= 0.3 is 0 Å². The molecule has 1 heterocycles. The van der Waals surface area contributed by atoms with Crippen LogP contribution >= 0.6 is 27.3 Å². The Morgan fingerprint density at radius 1 is 1.20 bits per heavy atom. The number of halogens is 1. The number of anilines is 1. The Morgan fingerprint density at radius 3 is 2.72 bits per heavy atom. The summed E-state index contributed by atoms with van der Waals surface area (Å²) in [6.45, 7) is 1.67. The molecule has 0 saturated heterocycles. The molecule has 1 amide bonds. The molecule has 2 aromatic carbocycles. The van der Waals surface area contributed by atoms with E-state index in [1.807, 2.05) is 53.4 Å². The number of nitrogens with one attached hydrogen (secondary N) is 1. The minimum absolute atomic E-state index is 0.00545. The van der Waals surface area contributed by atoms with Crippen molar-refractivity contribution in [3.63, 3.8) is 0 Å². The van der Waals surface area contributed by atoms with Crippen LogP contribution in [0.4, 0.5) is 5.13 Å². The third kappa shape index (κ3) is 4.45. The Hall–Kier alpha value is -1.76. The van der Waals surface area contributed by atoms with Gasteiger partial charge in [-0.3, -0.25) is 9.69 Å². The lowest BCUT2D eigenvalue weighted by Gasteiger charge is -2.20. The number of hydrogen-bond acceptors (Lipinski definition) is 3. The molecule has 0 aliphatic heterocycles. The zero-order valence-corrected chi connectivity index (χ0v) is 16.7. The highest BCUT2D eigenvalue weighted by Gasteiger charge is 2.21. The smallest absolute Gasteiger partial charge is 0.260 e. The number of rotatable bonds is 6. The number of thiazole rings is 1. The Morgan fingerprint density at radius 2 is 2.00 bits per heavy atom. The molecule has 4 nitrogen and oxygen atoms in total. The van der Waals surface area contributed by atoms with Crippen LogP contribution in [0.3, 0.4) is 0 Å². The summed E-state index contributed by atoms with van der Waals surface area (Å²) in [4.78, 5) is 21.0. The highest BCUT2D eigenvalue weighted by molar-refractivity contribution is 9.10. The number of para-hydroxylation sites is 1. The summed E-state index contributed by atoms with van der Waals surface area (Å²) in [7, 11) is 4.25. The van der Waals surface area contributed by atoms with E-state index in [4.69, 9.17) is 0 Å². The summed E-state index contributed by atoms with van der Waals surface area (Å²) in [5.41, 5.74) is 1.61. The van der Waals surface area contributed by atoms with Gasteiger partial charge in [0.05, 0.1) is 30.9 Å². The van der Waals surface area contributed by atoms with Gasteiger partial charge in [-0.25, -0.2) is 4.98 Å². The SMILES string of the molecule is C[NH+](C)CCCN(C(=O)c1cccc(Br)c1)c1nc2ccccc2s1. The van der Waals surface area contributed by atoms with Crippen molar-refractivity contribution < 1.29 is 9.69 Å². The molecule has 25 heavy (non-hydrogen) atoms. The Labute approximate surface area is 160 Å². The predicted molar refractivity (Wildman–Crippen MR) is 108 cm³/mol. The molecule has 130 valence electrons. The summed E-state index contributed by atoms with van der Waals surface area (Å²) in [6.07, 6.45) is 0.929. The molecule has 0 fully saturated rings. The fourth-order valence-electron chi connectivity index (χ4n) is 2.63. The van der Waals surface area contributed by atoms with Crippen LogP contribution in [-0.4, -0.2) is 38.1 Å². The first-order valence-electron chi connectivity index (χ1n) is 8.26. The molecule has 0 bridgehead atoms. The molecule has 1 aromatic heterocycles. The number of aromatic nitrogens is 1. The maximum atomic E-state index is 13.1. The van der Waals surface area contributed by atoms with Crippen molar-refractivity contribution in [2.75, 3.05) is 32.1 Å². The maximum Gasteiger partial charge on any atom is 0.260 e. The number of benzene rings is 2. The van der Waals surface area contributed by atoms with E-state index in [2.05, 4.69) is 35.0 Å². The lowest BCUT2D eigenvalue weighted by molar-refractivity contribution is -0.858. The van der Waals surface area contributed by atoms with Gasteiger partial charge in [-0.15, -0.1) is 0 Å². The summed E-state index contributed by atoms with van der Waals surface area (Å²) < 4.78 is 2.00. The van der Waals surface area contributed by atoms with Gasteiger partial charge in [0.15, 0.2) is 5.13 Å². The van der Waals surface area contributed by atoms with Crippen LogP contribution in [0, 0.1) is 0 Å². The van der Waals surface area contributed by atoms with E-state index in [0.717, 1.165) is 32.8 Å². The van der Waals surface area contributed by atoms with Gasteiger partial charge in [-0.2, -0.15) is 0 Å². The van der Waals surface area contributed by atoms with E-state index >= 15 is 0 Å². The second-order valence-electron chi connectivity index (χ2n) is 6.24. The molecule has 0 radical (unpaired) electrons. The summed E-state index contributed by atoms with van der Waals surface area (Å²) in [5.74, 6) is -0.00545. The van der Waals surface area contributed by atoms with Gasteiger partial charge < -0.3 is 4.90 Å². The van der Waals surface area contributed by atoms with Gasteiger partial charge in [-0.1, -0.05) is 45.5 Å². The fourth-order valence-corrected chi connectivity index (χ4v) is 4.02. The quantitative estimate of drug-likeness (QED) is 0.666. The lowest BCUT2D eigenvalue weighted by Crippen LogP contribution is -3.05. The molecule has 6 heteroatoms. The number of fused-ring (bicyclic) bond motifs is 1. The minimum Gasteiger partial charge on any atom is -0.340 e. The van der Waals surface area contributed by atoms with Crippen LogP contribution in [0.5, 0.6) is 0 Å². The fraction of sp³-hybridized carbons (Fsp3) is 0.263. The van der Waals surface area contributed by atoms with E-state index in [0.29, 0.717) is 12.1 Å². The summed E-state index contributed by atoms with van der Waals surface area (Å²) >= 11 is 5.02. The molecule has 3 aromatic rings. The molecule has 0 unspecified atom stereocenters. The number of nitrogens with zero attached hydrogens (tertiary/aromatic N) is 2. The van der Waals surface area contributed by atoms with Gasteiger partial charge in [0.2, 0.25) is 0 Å². The third-order valence-electron chi connectivity index (χ3n) is 3.89. The van der Waals surface area contributed by atoms with Crippen LogP contribution in [0.1, 0.15) is 16.8 Å². The van der Waals surface area contributed by atoms with Crippen molar-refractivity contribution in [2.45, 2.75) is 6.42 Å². The van der Waals surface area contributed by atoms with Crippen LogP contribution in [-0.2, 0) is 0 Å². The number of carbonyl (C=O) groups excluding carboxylic acids is 1. The molecule has 0 aliphatic carbocycles. The molecule has 0 atom stereocenters. The van der Waals surface area contributed by atoms with E-state index in [-0.39, 0.29) is 5.91 Å². The summed E-state index contributed by atoms with van der Waals surface area (Å²) in [6, 6.07) is 15.5. The highest BCUT2D eigenvalue weighted by Crippen LogP contribution is 2.30. The second kappa shape index (κ2) is 8.08. The first kappa shape index (κ1) is 18.0. The van der Waals surface area contributed by atoms with Crippen molar-refractivity contribution in [3.05, 3.63) is 58.6 Å². The van der Waals surface area contributed by atoms with Gasteiger partial charge in [0.1, 0.15) is 0 Å². The average Bonchev–Trinajstić information content (AvgIpc) is 3.01. The number of amides is 1. The third-order valence-corrected chi connectivity index (χ3v) is 5.44. The molecule has 0 spiro atoms. The van der Waals surface area contributed by atoms with E-state index in [1.54, 1.807) is 11.3 Å². The van der Waals surface area contributed by atoms with E-state index < -0.39 is 0 Å². The number of carbonyl (C=O) groups is 1. The predicted octanol–water partition coefficient (Wildman–Crippen LogP) is 3.24. The Bertz CT molecular complexity index is 845. The van der Waals surface area contributed by atoms with Gasteiger partial charge in [0.25, 0.3) is 5.91 Å². The average molecular weight is 419 g/mol. The Balaban J connectivity index is 1.92. The highest BCUT2D eigenvalue weighted by atomic mass is 79.9. The normalized spacial score (nSPS) is 11.2. The lowest BCUT2D eigenvalue weighted by atomic mass is 10.2. The number of hydrogen-bond donors (Lipinski definition) is 1. The molecule has 0 saturated carbocycles. The standard InChI is InChI=1S/C19H20BrN3OS/c1-22(2)11-6-12-23(18(24)14-7-5-8-15(20)13-14)19-21-16-9-3-4-10-17(16)25-19/h3-5,7-10,13H,6,11-12H2,1-2H3/p+1. The zero-order chi connectivity index (χ0) is 17.8. The molecular weight excluding hydrogens is 398 g/mol. The van der Waals surface area contributed by atoms with E-state index in [1.165, 1.54) is 4.90 Å².